The van der Waals surface area contributed by atoms with Gasteiger partial charge in [0.1, 0.15) is 5.82 Å². The number of aromatic nitrogens is 1. The first-order chi connectivity index (χ1) is 15.6. The van der Waals surface area contributed by atoms with Gasteiger partial charge in [0.2, 0.25) is 0 Å². The Kier molecular flexibility index (Phi) is 6.44. The number of hydrogen-bond donors (Lipinski definition) is 3. The highest BCUT2D eigenvalue weighted by Gasteiger charge is 2.63. The molecule has 0 radical (unpaired) electrons. The van der Waals surface area contributed by atoms with Crippen LogP contribution < -0.4 is 10.2 Å². The first-order valence-corrected chi connectivity index (χ1v) is 11.9. The summed E-state index contributed by atoms with van der Waals surface area (Å²) in [6.07, 6.45) is 2.76. The zero-order valence-electron chi connectivity index (χ0n) is 19.7. The van der Waals surface area contributed by atoms with Gasteiger partial charge in [0.15, 0.2) is 0 Å². The van der Waals surface area contributed by atoms with Gasteiger partial charge >= 0.3 is 12.2 Å². The second-order valence-electron chi connectivity index (χ2n) is 10.6. The normalized spacial score (nSPS) is 33.8. The third kappa shape index (κ3) is 4.47. The molecule has 0 saturated carbocycles. The van der Waals surface area contributed by atoms with Crippen molar-refractivity contribution >= 4 is 18.0 Å². The van der Waals surface area contributed by atoms with Crippen LogP contribution in [0, 0.1) is 11.3 Å². The van der Waals surface area contributed by atoms with Crippen molar-refractivity contribution in [3.05, 3.63) is 24.4 Å². The first-order valence-electron chi connectivity index (χ1n) is 11.9. The average molecular weight is 461 g/mol. The molecule has 4 rings (SSSR count). The lowest BCUT2D eigenvalue weighted by atomic mass is 9.61. The van der Waals surface area contributed by atoms with Crippen molar-refractivity contribution in [2.45, 2.75) is 76.6 Å². The van der Waals surface area contributed by atoms with Gasteiger partial charge in [0.05, 0.1) is 24.3 Å². The number of pyridine rings is 1. The fourth-order valence-electron chi connectivity index (χ4n) is 6.42. The van der Waals surface area contributed by atoms with Crippen LogP contribution in [0.2, 0.25) is 0 Å². The molecule has 33 heavy (non-hydrogen) atoms. The fraction of sp³-hybridized carbons (Fsp3) is 0.708. The number of nitrogens with one attached hydrogen (secondary N) is 1. The quantitative estimate of drug-likeness (QED) is 0.618. The second kappa shape index (κ2) is 9.00. The number of carboxylic acid groups (broad SMARTS) is 1. The Hall–Kier alpha value is -2.55. The number of hydrogen-bond acceptors (Lipinski definition) is 6. The number of aliphatic hydroxyl groups excluding tert-OH is 1. The molecule has 3 aliphatic rings. The molecular weight excluding hydrogens is 424 g/mol. The summed E-state index contributed by atoms with van der Waals surface area (Å²) in [5, 5.41) is 23.9. The van der Waals surface area contributed by atoms with Gasteiger partial charge in [-0.3, -0.25) is 4.90 Å². The number of amides is 2. The van der Waals surface area contributed by atoms with E-state index in [1.807, 2.05) is 32.0 Å². The number of rotatable bonds is 5. The molecule has 0 aromatic carbocycles. The third-order valence-corrected chi connectivity index (χ3v) is 7.68. The molecule has 9 nitrogen and oxygen atoms in total. The monoisotopic (exact) mass is 460 g/mol. The molecule has 1 aromatic rings. The average Bonchev–Trinajstić information content (AvgIpc) is 3.02. The van der Waals surface area contributed by atoms with Gasteiger partial charge < -0.3 is 25.2 Å². The molecule has 0 spiro atoms. The fourth-order valence-corrected chi connectivity index (χ4v) is 6.42. The minimum atomic E-state index is -0.929. The number of carbonyl (C=O) groups is 2. The van der Waals surface area contributed by atoms with E-state index < -0.39 is 29.2 Å². The van der Waals surface area contributed by atoms with Crippen molar-refractivity contribution < 1.29 is 24.5 Å². The molecule has 2 amide bonds. The summed E-state index contributed by atoms with van der Waals surface area (Å²) in [4.78, 5) is 33.2. The zero-order valence-corrected chi connectivity index (χ0v) is 19.7. The van der Waals surface area contributed by atoms with Crippen LogP contribution in [0.4, 0.5) is 15.4 Å². The molecule has 2 bridgehead atoms. The molecule has 3 fully saturated rings. The number of ether oxygens (including phenoxy) is 1. The van der Waals surface area contributed by atoms with Crippen molar-refractivity contribution in [1.29, 1.82) is 0 Å². The van der Waals surface area contributed by atoms with E-state index >= 15 is 0 Å². The molecule has 0 aliphatic carbocycles. The Morgan fingerprint density at radius 3 is 2.79 bits per heavy atom. The molecule has 3 N–H and O–H groups in total. The second-order valence-corrected chi connectivity index (χ2v) is 10.6. The van der Waals surface area contributed by atoms with Crippen molar-refractivity contribution in [1.82, 2.24) is 15.2 Å². The summed E-state index contributed by atoms with van der Waals surface area (Å²) >= 11 is 0. The number of alkyl carbamates (subject to hydrolysis) is 1. The Bertz CT molecular complexity index is 868. The lowest BCUT2D eigenvalue weighted by Gasteiger charge is -2.59. The minimum Gasteiger partial charge on any atom is -0.465 e. The van der Waals surface area contributed by atoms with Crippen LogP contribution in [-0.4, -0.2) is 75.7 Å². The molecular formula is C24H36N4O5. The van der Waals surface area contributed by atoms with Crippen LogP contribution in [0.15, 0.2) is 24.4 Å². The van der Waals surface area contributed by atoms with Gasteiger partial charge in [0, 0.05) is 30.7 Å². The van der Waals surface area contributed by atoms with Gasteiger partial charge in [-0.25, -0.2) is 14.6 Å². The van der Waals surface area contributed by atoms with E-state index in [0.29, 0.717) is 45.4 Å². The molecule has 3 aliphatic heterocycles. The summed E-state index contributed by atoms with van der Waals surface area (Å²) < 4.78 is 5.37. The topological polar surface area (TPSA) is 115 Å². The zero-order chi connectivity index (χ0) is 23.8. The number of anilines is 1. The lowest BCUT2D eigenvalue weighted by molar-refractivity contribution is -0.0784. The summed E-state index contributed by atoms with van der Waals surface area (Å²) in [5.41, 5.74) is -1.20. The minimum absolute atomic E-state index is 0.171. The van der Waals surface area contributed by atoms with E-state index in [1.54, 1.807) is 11.1 Å². The van der Waals surface area contributed by atoms with E-state index in [1.165, 1.54) is 0 Å². The maximum absolute atomic E-state index is 12.5. The summed E-state index contributed by atoms with van der Waals surface area (Å²) in [6, 6.07) is 5.30. The van der Waals surface area contributed by atoms with Crippen LogP contribution in [0.5, 0.6) is 0 Å². The smallest absolute Gasteiger partial charge is 0.408 e. The number of piperidine rings is 2. The van der Waals surface area contributed by atoms with Crippen molar-refractivity contribution in [3.63, 3.8) is 0 Å². The Morgan fingerprint density at radius 2 is 2.12 bits per heavy atom. The van der Waals surface area contributed by atoms with E-state index in [-0.39, 0.29) is 18.0 Å². The predicted octanol–water partition coefficient (Wildman–Crippen LogP) is 3.08. The Labute approximate surface area is 195 Å². The van der Waals surface area contributed by atoms with Crippen molar-refractivity contribution in [3.8, 4) is 0 Å². The Balaban J connectivity index is 1.66. The maximum Gasteiger partial charge on any atom is 0.408 e. The van der Waals surface area contributed by atoms with Crippen LogP contribution >= 0.6 is 0 Å². The van der Waals surface area contributed by atoms with E-state index in [4.69, 9.17) is 4.74 Å². The standard InChI is InChI=1S/C24H36N4O5/c1-16(2)14-33-21(30)26-17-11-23(3,15-27(13-17)20-6-4-5-9-25-20)24-8-7-18(10-19(29)12-24)28(24)22(31)32/h4-6,9,16-19,29H,7-8,10-15H2,1-3H3,(H,26,30)(H,31,32). The summed E-state index contributed by atoms with van der Waals surface area (Å²) in [5.74, 6) is 1.02. The number of fused-ring (bicyclic) bond motifs is 2. The highest BCUT2D eigenvalue weighted by molar-refractivity contribution is 5.69. The van der Waals surface area contributed by atoms with Gasteiger partial charge in [-0.15, -0.1) is 0 Å². The third-order valence-electron chi connectivity index (χ3n) is 7.68. The van der Waals surface area contributed by atoms with Crippen LogP contribution in [0.3, 0.4) is 0 Å². The SMILES string of the molecule is CC(C)COC(=O)NC1CN(c2ccccn2)CC(C)(C23CCC(CC(O)C2)N3C(=O)O)C1. The van der Waals surface area contributed by atoms with Crippen LogP contribution in [-0.2, 0) is 4.74 Å². The molecule has 182 valence electrons. The summed E-state index contributed by atoms with van der Waals surface area (Å²) in [6.45, 7) is 7.55. The predicted molar refractivity (Wildman–Crippen MR) is 123 cm³/mol. The first kappa shape index (κ1) is 23.6. The largest absolute Gasteiger partial charge is 0.465 e. The Morgan fingerprint density at radius 1 is 1.33 bits per heavy atom. The summed E-state index contributed by atoms with van der Waals surface area (Å²) in [7, 11) is 0. The highest BCUT2D eigenvalue weighted by Crippen LogP contribution is 2.56. The molecule has 1 aromatic heterocycles. The van der Waals surface area contributed by atoms with Gasteiger partial charge in [-0.1, -0.05) is 26.8 Å². The van der Waals surface area contributed by atoms with Gasteiger partial charge in [0.25, 0.3) is 0 Å². The number of nitrogens with zero attached hydrogens (tertiary/aromatic N) is 3. The lowest BCUT2D eigenvalue weighted by Crippen LogP contribution is -2.69. The van der Waals surface area contributed by atoms with Gasteiger partial charge in [-0.2, -0.15) is 0 Å². The van der Waals surface area contributed by atoms with Crippen LogP contribution in [0.1, 0.15) is 52.9 Å². The van der Waals surface area contributed by atoms with E-state index in [9.17, 15) is 19.8 Å². The highest BCUT2D eigenvalue weighted by atomic mass is 16.5. The van der Waals surface area contributed by atoms with Crippen molar-refractivity contribution in [2.75, 3.05) is 24.6 Å². The van der Waals surface area contributed by atoms with E-state index in [0.717, 1.165) is 12.2 Å². The molecule has 5 atom stereocenters. The molecule has 5 unspecified atom stereocenters. The number of carbonyl (C=O) groups excluding carboxylic acids is 1. The molecule has 4 heterocycles. The van der Waals surface area contributed by atoms with Crippen LogP contribution in [0.25, 0.3) is 0 Å². The molecule has 3 saturated heterocycles. The van der Waals surface area contributed by atoms with Crippen molar-refractivity contribution in [2.24, 2.45) is 11.3 Å². The van der Waals surface area contributed by atoms with E-state index in [2.05, 4.69) is 22.1 Å². The van der Waals surface area contributed by atoms with Gasteiger partial charge in [-0.05, 0) is 50.2 Å². The molecule has 9 heteroatoms. The maximum atomic E-state index is 12.5. The number of aliphatic hydroxyl groups is 1.